The van der Waals surface area contributed by atoms with Crippen molar-refractivity contribution >= 4 is 32.5 Å². The molecule has 0 aliphatic carbocycles. The van der Waals surface area contributed by atoms with E-state index in [4.69, 9.17) is 0 Å². The van der Waals surface area contributed by atoms with Crippen LogP contribution >= 0.6 is 0 Å². The van der Waals surface area contributed by atoms with E-state index in [2.05, 4.69) is 10.3 Å². The zero-order chi connectivity index (χ0) is 22.9. The van der Waals surface area contributed by atoms with Gasteiger partial charge >= 0.3 is 0 Å². The van der Waals surface area contributed by atoms with Crippen molar-refractivity contribution < 1.29 is 13.2 Å². The molecule has 1 amide bonds. The lowest BCUT2D eigenvalue weighted by Gasteiger charge is -2.37. The second kappa shape index (κ2) is 8.84. The molecule has 0 saturated carbocycles. The number of piperidine rings is 1. The van der Waals surface area contributed by atoms with Crippen LogP contribution in [0.1, 0.15) is 33.1 Å². The molecule has 2 heterocycles. The Morgan fingerprint density at radius 1 is 1.06 bits per heavy atom. The molecule has 8 nitrogen and oxygen atoms in total. The average Bonchev–Trinajstić information content (AvgIpc) is 2.76. The number of para-hydroxylation sites is 1. The average molecular weight is 455 g/mol. The fourth-order valence-corrected chi connectivity index (χ4v) is 6.16. The Hall–Kier alpha value is -3.04. The SMILES string of the molecule is CC1CCCC(C)N1S(=O)(=O)c1ccc(NC(=O)Cn2cnc3ccccc3c2=O)cc1. The molecule has 2 unspecified atom stereocenters. The summed E-state index contributed by atoms with van der Waals surface area (Å²) in [5, 5.41) is 3.15. The molecule has 2 aromatic carbocycles. The van der Waals surface area contributed by atoms with E-state index in [9.17, 15) is 18.0 Å². The van der Waals surface area contributed by atoms with E-state index < -0.39 is 15.9 Å². The molecule has 1 saturated heterocycles. The zero-order valence-electron chi connectivity index (χ0n) is 18.1. The summed E-state index contributed by atoms with van der Waals surface area (Å²) in [6.45, 7) is 3.68. The van der Waals surface area contributed by atoms with E-state index in [1.807, 2.05) is 13.8 Å². The maximum Gasteiger partial charge on any atom is 0.261 e. The van der Waals surface area contributed by atoms with E-state index in [0.717, 1.165) is 19.3 Å². The number of nitrogens with one attached hydrogen (secondary N) is 1. The normalized spacial score (nSPS) is 19.7. The van der Waals surface area contributed by atoms with Gasteiger partial charge in [0.05, 0.1) is 22.1 Å². The van der Waals surface area contributed by atoms with E-state index in [1.165, 1.54) is 23.0 Å². The first-order chi connectivity index (χ1) is 15.3. The third-order valence-corrected chi connectivity index (χ3v) is 8.01. The largest absolute Gasteiger partial charge is 0.325 e. The smallest absolute Gasteiger partial charge is 0.261 e. The van der Waals surface area contributed by atoms with Gasteiger partial charge in [-0.05, 0) is 63.1 Å². The number of benzene rings is 2. The summed E-state index contributed by atoms with van der Waals surface area (Å²) in [4.78, 5) is 29.4. The number of rotatable bonds is 5. The number of hydrogen-bond acceptors (Lipinski definition) is 5. The molecule has 1 aliphatic heterocycles. The highest BCUT2D eigenvalue weighted by molar-refractivity contribution is 7.89. The highest BCUT2D eigenvalue weighted by Crippen LogP contribution is 2.29. The molecule has 1 aliphatic rings. The maximum absolute atomic E-state index is 13.1. The number of anilines is 1. The Labute approximate surface area is 186 Å². The summed E-state index contributed by atoms with van der Waals surface area (Å²) >= 11 is 0. The lowest BCUT2D eigenvalue weighted by atomic mass is 10.0. The Kier molecular flexibility index (Phi) is 6.12. The van der Waals surface area contributed by atoms with Gasteiger partial charge in [0.2, 0.25) is 15.9 Å². The lowest BCUT2D eigenvalue weighted by molar-refractivity contribution is -0.116. The van der Waals surface area contributed by atoms with E-state index in [0.29, 0.717) is 16.6 Å². The van der Waals surface area contributed by atoms with Crippen LogP contribution in [0.25, 0.3) is 10.9 Å². The Morgan fingerprint density at radius 3 is 2.41 bits per heavy atom. The van der Waals surface area contributed by atoms with Crippen molar-refractivity contribution in [3.63, 3.8) is 0 Å². The molecule has 1 aromatic heterocycles. The van der Waals surface area contributed by atoms with Crippen molar-refractivity contribution in [1.29, 1.82) is 0 Å². The molecule has 0 spiro atoms. The van der Waals surface area contributed by atoms with Gasteiger partial charge in [0, 0.05) is 17.8 Å². The van der Waals surface area contributed by atoms with Crippen LogP contribution < -0.4 is 10.9 Å². The molecule has 0 bridgehead atoms. The molecule has 168 valence electrons. The first-order valence-electron chi connectivity index (χ1n) is 10.6. The van der Waals surface area contributed by atoms with Crippen molar-refractivity contribution in [2.75, 3.05) is 5.32 Å². The standard InChI is InChI=1S/C23H26N4O4S/c1-16-6-5-7-17(2)27(16)32(30,31)19-12-10-18(11-13-19)25-22(28)14-26-15-24-21-9-4-3-8-20(21)23(26)29/h3-4,8-13,15-17H,5-7,14H2,1-2H3,(H,25,28). The summed E-state index contributed by atoms with van der Waals surface area (Å²) in [6, 6.07) is 13.0. The fraction of sp³-hybridized carbons (Fsp3) is 0.348. The van der Waals surface area contributed by atoms with Gasteiger partial charge in [-0.2, -0.15) is 4.31 Å². The molecule has 3 aromatic rings. The molecule has 4 rings (SSSR count). The maximum atomic E-state index is 13.1. The van der Waals surface area contributed by atoms with Gasteiger partial charge in [-0.15, -0.1) is 0 Å². The van der Waals surface area contributed by atoms with Gasteiger partial charge in [0.1, 0.15) is 6.54 Å². The summed E-state index contributed by atoms with van der Waals surface area (Å²) in [6.07, 6.45) is 4.07. The lowest BCUT2D eigenvalue weighted by Crippen LogP contribution is -2.47. The quantitative estimate of drug-likeness (QED) is 0.639. The van der Waals surface area contributed by atoms with Crippen molar-refractivity contribution in [3.8, 4) is 0 Å². The van der Waals surface area contributed by atoms with Gasteiger partial charge < -0.3 is 5.32 Å². The first-order valence-corrected chi connectivity index (χ1v) is 12.1. The van der Waals surface area contributed by atoms with Crippen LogP contribution in [-0.2, 0) is 21.4 Å². The number of amides is 1. The number of fused-ring (bicyclic) bond motifs is 1. The number of nitrogens with zero attached hydrogens (tertiary/aromatic N) is 3. The molecule has 1 fully saturated rings. The Morgan fingerprint density at radius 2 is 1.72 bits per heavy atom. The van der Waals surface area contributed by atoms with Gasteiger partial charge in [-0.1, -0.05) is 18.6 Å². The fourth-order valence-electron chi connectivity index (χ4n) is 4.28. The number of sulfonamides is 1. The topological polar surface area (TPSA) is 101 Å². The zero-order valence-corrected chi connectivity index (χ0v) is 18.9. The monoisotopic (exact) mass is 454 g/mol. The highest BCUT2D eigenvalue weighted by atomic mass is 32.2. The van der Waals surface area contributed by atoms with Gasteiger partial charge in [-0.25, -0.2) is 13.4 Å². The minimum Gasteiger partial charge on any atom is -0.325 e. The number of hydrogen-bond donors (Lipinski definition) is 1. The molecular formula is C23H26N4O4S. The molecule has 9 heteroatoms. The number of carbonyl (C=O) groups is 1. The molecule has 0 radical (unpaired) electrons. The predicted octanol–water partition coefficient (Wildman–Crippen LogP) is 2.99. The molecular weight excluding hydrogens is 428 g/mol. The third kappa shape index (κ3) is 4.31. The number of carbonyl (C=O) groups excluding carboxylic acids is 1. The second-order valence-electron chi connectivity index (χ2n) is 8.23. The summed E-state index contributed by atoms with van der Waals surface area (Å²) < 4.78 is 29.1. The first kappa shape index (κ1) is 22.2. The Bertz CT molecular complexity index is 1290. The Balaban J connectivity index is 1.47. The van der Waals surface area contributed by atoms with Gasteiger partial charge in [-0.3, -0.25) is 14.2 Å². The minimum atomic E-state index is -3.61. The summed E-state index contributed by atoms with van der Waals surface area (Å²) in [5.41, 5.74) is 0.732. The third-order valence-electron chi connectivity index (χ3n) is 5.87. The van der Waals surface area contributed by atoms with Crippen LogP contribution in [0.15, 0.2) is 64.5 Å². The van der Waals surface area contributed by atoms with Crippen LogP contribution in [0.4, 0.5) is 5.69 Å². The van der Waals surface area contributed by atoms with Crippen molar-refractivity contribution in [1.82, 2.24) is 13.9 Å². The van der Waals surface area contributed by atoms with E-state index in [1.54, 1.807) is 40.7 Å². The van der Waals surface area contributed by atoms with Crippen LogP contribution in [0.5, 0.6) is 0 Å². The second-order valence-corrected chi connectivity index (χ2v) is 10.1. The van der Waals surface area contributed by atoms with Gasteiger partial charge in [0.15, 0.2) is 0 Å². The van der Waals surface area contributed by atoms with Crippen molar-refractivity contribution in [2.45, 2.75) is 56.6 Å². The van der Waals surface area contributed by atoms with Crippen LogP contribution in [0.3, 0.4) is 0 Å². The highest BCUT2D eigenvalue weighted by Gasteiger charge is 2.35. The van der Waals surface area contributed by atoms with E-state index in [-0.39, 0.29) is 29.1 Å². The van der Waals surface area contributed by atoms with Crippen LogP contribution in [-0.4, -0.2) is 40.3 Å². The predicted molar refractivity (Wildman–Crippen MR) is 123 cm³/mol. The van der Waals surface area contributed by atoms with Crippen molar-refractivity contribution in [3.05, 3.63) is 65.2 Å². The van der Waals surface area contributed by atoms with Crippen molar-refractivity contribution in [2.24, 2.45) is 0 Å². The van der Waals surface area contributed by atoms with E-state index >= 15 is 0 Å². The van der Waals surface area contributed by atoms with Crippen LogP contribution in [0, 0.1) is 0 Å². The molecule has 32 heavy (non-hydrogen) atoms. The molecule has 2 atom stereocenters. The summed E-state index contributed by atoms with van der Waals surface area (Å²) in [5.74, 6) is -0.405. The summed E-state index contributed by atoms with van der Waals surface area (Å²) in [7, 11) is -3.61. The van der Waals surface area contributed by atoms with Gasteiger partial charge in [0.25, 0.3) is 5.56 Å². The van der Waals surface area contributed by atoms with Crippen LogP contribution in [0.2, 0.25) is 0 Å². The number of aromatic nitrogens is 2. The molecule has 1 N–H and O–H groups in total. The minimum absolute atomic E-state index is 0.0444.